The molecule has 5 heteroatoms. The highest BCUT2D eigenvalue weighted by atomic mass is 79.9. The number of carbonyl (C=O) groups excluding carboxylic acids is 1. The summed E-state index contributed by atoms with van der Waals surface area (Å²) in [7, 11) is 0. The van der Waals surface area contributed by atoms with Crippen molar-refractivity contribution in [2.45, 2.75) is 52.2 Å². The van der Waals surface area contributed by atoms with Crippen LogP contribution >= 0.6 is 15.9 Å². The number of benzene rings is 1. The SMILES string of the molecule is CCC(CC)(CN)NC(=O)C(C)Oc1ccc(C)cc1Br. The maximum Gasteiger partial charge on any atom is 0.261 e. The molecule has 1 aromatic rings. The summed E-state index contributed by atoms with van der Waals surface area (Å²) in [6, 6.07) is 5.77. The quantitative estimate of drug-likeness (QED) is 0.788. The average molecular weight is 357 g/mol. The summed E-state index contributed by atoms with van der Waals surface area (Å²) in [4.78, 5) is 12.3. The molecule has 0 bridgehead atoms. The second kappa shape index (κ2) is 7.80. The molecule has 0 saturated heterocycles. The number of nitrogens with one attached hydrogen (secondary N) is 1. The maximum absolute atomic E-state index is 12.3. The average Bonchev–Trinajstić information content (AvgIpc) is 2.47. The van der Waals surface area contributed by atoms with Crippen LogP contribution in [0.5, 0.6) is 5.75 Å². The molecular weight excluding hydrogens is 332 g/mol. The molecule has 0 aliphatic heterocycles. The molecule has 0 spiro atoms. The normalized spacial score (nSPS) is 12.9. The van der Waals surface area contributed by atoms with Gasteiger partial charge < -0.3 is 15.8 Å². The molecule has 0 fully saturated rings. The zero-order valence-corrected chi connectivity index (χ0v) is 14.8. The summed E-state index contributed by atoms with van der Waals surface area (Å²) >= 11 is 3.45. The van der Waals surface area contributed by atoms with Gasteiger partial charge in [0.2, 0.25) is 0 Å². The Labute approximate surface area is 135 Å². The molecule has 1 rings (SSSR count). The fourth-order valence-corrected chi connectivity index (χ4v) is 2.66. The molecule has 1 aromatic carbocycles. The van der Waals surface area contributed by atoms with Crippen molar-refractivity contribution in [3.05, 3.63) is 28.2 Å². The van der Waals surface area contributed by atoms with Gasteiger partial charge in [-0.1, -0.05) is 19.9 Å². The highest BCUT2D eigenvalue weighted by molar-refractivity contribution is 9.10. The molecule has 3 N–H and O–H groups in total. The smallest absolute Gasteiger partial charge is 0.261 e. The molecule has 1 amide bonds. The first-order valence-corrected chi connectivity index (χ1v) is 8.11. The van der Waals surface area contributed by atoms with Gasteiger partial charge in [-0.15, -0.1) is 0 Å². The van der Waals surface area contributed by atoms with Crippen LogP contribution in [0.4, 0.5) is 0 Å². The molecule has 1 atom stereocenters. The molecule has 0 aromatic heterocycles. The van der Waals surface area contributed by atoms with Gasteiger partial charge in [0.15, 0.2) is 6.10 Å². The van der Waals surface area contributed by atoms with Gasteiger partial charge in [0.05, 0.1) is 10.0 Å². The van der Waals surface area contributed by atoms with Crippen molar-refractivity contribution in [1.82, 2.24) is 5.32 Å². The molecular formula is C16H25BrN2O2. The first-order valence-electron chi connectivity index (χ1n) is 7.32. The molecule has 1 unspecified atom stereocenters. The van der Waals surface area contributed by atoms with Crippen molar-refractivity contribution < 1.29 is 9.53 Å². The van der Waals surface area contributed by atoms with Crippen LogP contribution in [0.15, 0.2) is 22.7 Å². The summed E-state index contributed by atoms with van der Waals surface area (Å²) in [5, 5.41) is 3.03. The van der Waals surface area contributed by atoms with Gasteiger partial charge in [0, 0.05) is 6.54 Å². The third-order valence-electron chi connectivity index (χ3n) is 3.89. The third-order valence-corrected chi connectivity index (χ3v) is 4.51. The van der Waals surface area contributed by atoms with E-state index < -0.39 is 6.10 Å². The van der Waals surface area contributed by atoms with Crippen LogP contribution in [-0.4, -0.2) is 24.1 Å². The number of nitrogens with two attached hydrogens (primary N) is 1. The Bertz CT molecular complexity index is 479. The molecule has 4 nitrogen and oxygen atoms in total. The van der Waals surface area contributed by atoms with E-state index in [0.717, 1.165) is 22.9 Å². The number of amides is 1. The van der Waals surface area contributed by atoms with E-state index in [-0.39, 0.29) is 11.4 Å². The topological polar surface area (TPSA) is 64.3 Å². The monoisotopic (exact) mass is 356 g/mol. The zero-order chi connectivity index (χ0) is 16.0. The largest absolute Gasteiger partial charge is 0.480 e. The molecule has 0 aliphatic rings. The molecule has 0 saturated carbocycles. The Morgan fingerprint density at radius 1 is 1.43 bits per heavy atom. The molecule has 0 radical (unpaired) electrons. The Hall–Kier alpha value is -1.07. The molecule has 0 aliphatic carbocycles. The minimum Gasteiger partial charge on any atom is -0.480 e. The van der Waals surface area contributed by atoms with Crippen molar-refractivity contribution in [3.63, 3.8) is 0 Å². The van der Waals surface area contributed by atoms with Crippen molar-refractivity contribution in [2.24, 2.45) is 5.73 Å². The van der Waals surface area contributed by atoms with E-state index >= 15 is 0 Å². The fraction of sp³-hybridized carbons (Fsp3) is 0.562. The van der Waals surface area contributed by atoms with Crippen molar-refractivity contribution >= 4 is 21.8 Å². The summed E-state index contributed by atoms with van der Waals surface area (Å²) in [6.07, 6.45) is 1.02. The van der Waals surface area contributed by atoms with Gasteiger partial charge in [-0.3, -0.25) is 4.79 Å². The summed E-state index contributed by atoms with van der Waals surface area (Å²) in [5.74, 6) is 0.520. The first kappa shape index (κ1) is 18.0. The number of ether oxygens (including phenoxy) is 1. The van der Waals surface area contributed by atoms with E-state index in [4.69, 9.17) is 10.5 Å². The minimum absolute atomic E-state index is 0.142. The van der Waals surface area contributed by atoms with E-state index in [1.54, 1.807) is 6.92 Å². The zero-order valence-electron chi connectivity index (χ0n) is 13.2. The van der Waals surface area contributed by atoms with Crippen molar-refractivity contribution in [3.8, 4) is 5.75 Å². The van der Waals surface area contributed by atoms with Gasteiger partial charge >= 0.3 is 0 Å². The maximum atomic E-state index is 12.3. The number of hydrogen-bond donors (Lipinski definition) is 2. The first-order chi connectivity index (χ1) is 9.87. The number of carbonyl (C=O) groups is 1. The van der Waals surface area contributed by atoms with E-state index in [0.29, 0.717) is 12.3 Å². The summed E-state index contributed by atoms with van der Waals surface area (Å²) in [5.41, 5.74) is 6.59. The van der Waals surface area contributed by atoms with Crippen LogP contribution in [0, 0.1) is 6.92 Å². The van der Waals surface area contributed by atoms with Crippen LogP contribution in [0.1, 0.15) is 39.2 Å². The highest BCUT2D eigenvalue weighted by Crippen LogP contribution is 2.26. The van der Waals surface area contributed by atoms with E-state index in [2.05, 4.69) is 21.2 Å². The Morgan fingerprint density at radius 3 is 2.52 bits per heavy atom. The van der Waals surface area contributed by atoms with Gasteiger partial charge in [0.1, 0.15) is 5.75 Å². The number of rotatable bonds is 7. The molecule has 118 valence electrons. The van der Waals surface area contributed by atoms with Crippen molar-refractivity contribution in [2.75, 3.05) is 6.54 Å². The lowest BCUT2D eigenvalue weighted by Gasteiger charge is -2.32. The van der Waals surface area contributed by atoms with Crippen LogP contribution < -0.4 is 15.8 Å². The van der Waals surface area contributed by atoms with Crippen LogP contribution in [0.3, 0.4) is 0 Å². The predicted molar refractivity (Wildman–Crippen MR) is 89.5 cm³/mol. The summed E-state index contributed by atoms with van der Waals surface area (Å²) < 4.78 is 6.59. The van der Waals surface area contributed by atoms with E-state index in [9.17, 15) is 4.79 Å². The lowest BCUT2D eigenvalue weighted by atomic mass is 9.92. The van der Waals surface area contributed by atoms with E-state index in [1.807, 2.05) is 39.0 Å². The van der Waals surface area contributed by atoms with Gasteiger partial charge in [-0.25, -0.2) is 0 Å². The molecule has 0 heterocycles. The Kier molecular flexibility index (Phi) is 6.68. The standard InChI is InChI=1S/C16H25BrN2O2/c1-5-16(6-2,10-18)19-15(20)12(4)21-14-8-7-11(3)9-13(14)17/h7-9,12H,5-6,10,18H2,1-4H3,(H,19,20). The Morgan fingerprint density at radius 2 is 2.05 bits per heavy atom. The van der Waals surface area contributed by atoms with Gasteiger partial charge in [-0.05, 0) is 60.3 Å². The summed E-state index contributed by atoms with van der Waals surface area (Å²) in [6.45, 7) is 8.22. The van der Waals surface area contributed by atoms with Crippen LogP contribution in [-0.2, 0) is 4.79 Å². The second-order valence-electron chi connectivity index (χ2n) is 5.37. The van der Waals surface area contributed by atoms with Crippen LogP contribution in [0.25, 0.3) is 0 Å². The van der Waals surface area contributed by atoms with Gasteiger partial charge in [-0.2, -0.15) is 0 Å². The number of hydrogen-bond acceptors (Lipinski definition) is 3. The van der Waals surface area contributed by atoms with Crippen molar-refractivity contribution in [1.29, 1.82) is 0 Å². The predicted octanol–water partition coefficient (Wildman–Crippen LogP) is 3.16. The van der Waals surface area contributed by atoms with Crippen LogP contribution in [0.2, 0.25) is 0 Å². The molecule has 21 heavy (non-hydrogen) atoms. The lowest BCUT2D eigenvalue weighted by molar-refractivity contribution is -0.129. The number of halogens is 1. The number of aryl methyl sites for hydroxylation is 1. The van der Waals surface area contributed by atoms with E-state index in [1.165, 1.54) is 0 Å². The fourth-order valence-electron chi connectivity index (χ4n) is 2.07. The second-order valence-corrected chi connectivity index (χ2v) is 6.23. The minimum atomic E-state index is -0.576. The van der Waals surface area contributed by atoms with Gasteiger partial charge in [0.25, 0.3) is 5.91 Å². The highest BCUT2D eigenvalue weighted by Gasteiger charge is 2.29. The lowest BCUT2D eigenvalue weighted by Crippen LogP contribution is -2.55. The third kappa shape index (κ3) is 4.71. The Balaban J connectivity index is 2.74.